The number of carbonyl (C=O) groups excluding carboxylic acids is 3. The molecule has 138 valence electrons. The smallest absolute Gasteiger partial charge is 0.328 e. The van der Waals surface area contributed by atoms with E-state index in [2.05, 4.69) is 5.32 Å². The van der Waals surface area contributed by atoms with Crippen LogP contribution < -0.4 is 5.32 Å². The normalized spacial score (nSPS) is 11.4. The van der Waals surface area contributed by atoms with Gasteiger partial charge in [0, 0.05) is 23.0 Å². The first-order valence-corrected chi connectivity index (χ1v) is 10.3. The lowest BCUT2D eigenvalue weighted by molar-refractivity contribution is -0.146. The Labute approximate surface area is 155 Å². The van der Waals surface area contributed by atoms with Crippen molar-refractivity contribution in [3.05, 3.63) is 35.9 Å². The molecule has 0 aliphatic heterocycles. The Bertz CT molecular complexity index is 553. The molecule has 0 heterocycles. The molecule has 0 bridgehead atoms. The van der Waals surface area contributed by atoms with Gasteiger partial charge in [0.25, 0.3) is 5.24 Å². The van der Waals surface area contributed by atoms with Crippen LogP contribution in [0.25, 0.3) is 0 Å². The second kappa shape index (κ2) is 12.7. The first-order chi connectivity index (χ1) is 12.1. The maximum Gasteiger partial charge on any atom is 0.328 e. The molecule has 0 saturated carbocycles. The average Bonchev–Trinajstić information content (AvgIpc) is 2.60. The van der Waals surface area contributed by atoms with Crippen LogP contribution in [0.4, 0.5) is 4.79 Å². The maximum absolute atomic E-state index is 12.0. The van der Waals surface area contributed by atoms with Gasteiger partial charge in [0.2, 0.25) is 0 Å². The fourth-order valence-electron chi connectivity index (χ4n) is 1.88. The largest absolute Gasteiger partial charge is 0.466 e. The van der Waals surface area contributed by atoms with Gasteiger partial charge in [-0.3, -0.25) is 9.59 Å². The Morgan fingerprint density at radius 2 is 1.76 bits per heavy atom. The van der Waals surface area contributed by atoms with E-state index in [1.807, 2.05) is 30.3 Å². The molecule has 0 unspecified atom stereocenters. The highest BCUT2D eigenvalue weighted by Gasteiger charge is 2.23. The second-order valence-electron chi connectivity index (χ2n) is 4.91. The number of hydrogen-bond donors (Lipinski definition) is 1. The van der Waals surface area contributed by atoms with Crippen LogP contribution in [0.5, 0.6) is 0 Å². The van der Waals surface area contributed by atoms with E-state index in [0.29, 0.717) is 5.75 Å². The molecule has 0 aromatic heterocycles. The number of amides is 1. The maximum atomic E-state index is 12.0. The number of esters is 2. The van der Waals surface area contributed by atoms with Crippen LogP contribution in [0.3, 0.4) is 0 Å². The van der Waals surface area contributed by atoms with Crippen molar-refractivity contribution in [2.45, 2.75) is 38.5 Å². The number of ether oxygens (including phenoxy) is 2. The summed E-state index contributed by atoms with van der Waals surface area (Å²) in [4.78, 5) is 35.4. The number of carbonyl (C=O) groups is 3. The fraction of sp³-hybridized carbons (Fsp3) is 0.471. The van der Waals surface area contributed by atoms with Crippen LogP contribution in [0, 0.1) is 0 Å². The predicted octanol–water partition coefficient (Wildman–Crippen LogP) is 3.55. The van der Waals surface area contributed by atoms with Crippen LogP contribution in [0.15, 0.2) is 30.3 Å². The van der Waals surface area contributed by atoms with Crippen LogP contribution in [0.1, 0.15) is 32.3 Å². The van der Waals surface area contributed by atoms with E-state index in [1.54, 1.807) is 13.8 Å². The van der Waals surface area contributed by atoms with Gasteiger partial charge in [0.15, 0.2) is 0 Å². The summed E-state index contributed by atoms with van der Waals surface area (Å²) >= 11 is 0. The minimum atomic E-state index is -0.860. The van der Waals surface area contributed by atoms with E-state index in [9.17, 15) is 14.4 Å². The standard InChI is InChI=1S/C17H23NO5S2/c1-3-22-15(19)11-10-14(16(20)23-4-2)18-17(21)25-24-12-13-8-6-5-7-9-13/h5-9,14H,3-4,10-12H2,1-2H3,(H,18,21)/t14-/m0/s1. The number of rotatable bonds is 10. The van der Waals surface area contributed by atoms with Crippen molar-refractivity contribution < 1.29 is 23.9 Å². The van der Waals surface area contributed by atoms with Gasteiger partial charge in [-0.05, 0) is 25.8 Å². The van der Waals surface area contributed by atoms with Crippen molar-refractivity contribution in [3.8, 4) is 0 Å². The first kappa shape index (κ1) is 21.4. The summed E-state index contributed by atoms with van der Waals surface area (Å²) in [5.74, 6) is -0.280. The molecule has 0 spiro atoms. The van der Waals surface area contributed by atoms with E-state index >= 15 is 0 Å². The monoisotopic (exact) mass is 385 g/mol. The third-order valence-electron chi connectivity index (χ3n) is 3.01. The quantitative estimate of drug-likeness (QED) is 0.487. The van der Waals surface area contributed by atoms with Crippen LogP contribution in [-0.4, -0.2) is 36.4 Å². The van der Waals surface area contributed by atoms with E-state index in [0.717, 1.165) is 16.4 Å². The zero-order valence-corrected chi connectivity index (χ0v) is 16.0. The highest BCUT2D eigenvalue weighted by atomic mass is 33.1. The lowest BCUT2D eigenvalue weighted by Crippen LogP contribution is -2.40. The minimum Gasteiger partial charge on any atom is -0.466 e. The van der Waals surface area contributed by atoms with E-state index < -0.39 is 18.0 Å². The van der Waals surface area contributed by atoms with Crippen molar-refractivity contribution in [2.75, 3.05) is 13.2 Å². The molecule has 0 aliphatic carbocycles. The number of benzene rings is 1. The molecule has 25 heavy (non-hydrogen) atoms. The highest BCUT2D eigenvalue weighted by Crippen LogP contribution is 2.26. The average molecular weight is 386 g/mol. The Morgan fingerprint density at radius 3 is 2.40 bits per heavy atom. The molecule has 0 saturated heterocycles. The Hall–Kier alpha value is -1.67. The van der Waals surface area contributed by atoms with Gasteiger partial charge < -0.3 is 14.8 Å². The summed E-state index contributed by atoms with van der Waals surface area (Å²) in [6, 6.07) is 8.90. The number of hydrogen-bond acceptors (Lipinski definition) is 7. The van der Waals surface area contributed by atoms with Gasteiger partial charge in [0.1, 0.15) is 6.04 Å². The van der Waals surface area contributed by atoms with Crippen molar-refractivity contribution >= 4 is 38.8 Å². The minimum absolute atomic E-state index is 0.0411. The number of nitrogens with one attached hydrogen (secondary N) is 1. The molecule has 1 amide bonds. The van der Waals surface area contributed by atoms with Crippen LogP contribution in [-0.2, 0) is 24.8 Å². The SMILES string of the molecule is CCOC(=O)CC[C@H](NC(=O)SSCc1ccccc1)C(=O)OCC. The third kappa shape index (κ3) is 9.40. The topological polar surface area (TPSA) is 81.7 Å². The summed E-state index contributed by atoms with van der Waals surface area (Å²) in [7, 11) is 2.40. The van der Waals surface area contributed by atoms with E-state index in [4.69, 9.17) is 9.47 Å². The summed E-state index contributed by atoms with van der Waals surface area (Å²) in [6.07, 6.45) is 0.187. The third-order valence-corrected chi connectivity index (χ3v) is 5.01. The van der Waals surface area contributed by atoms with Crippen molar-refractivity contribution in [3.63, 3.8) is 0 Å². The zero-order valence-electron chi connectivity index (χ0n) is 14.4. The van der Waals surface area contributed by atoms with Gasteiger partial charge in [-0.1, -0.05) is 41.1 Å². The molecular formula is C17H23NO5S2. The van der Waals surface area contributed by atoms with Crippen LogP contribution >= 0.6 is 21.6 Å². The van der Waals surface area contributed by atoms with E-state index in [1.165, 1.54) is 10.8 Å². The van der Waals surface area contributed by atoms with Gasteiger partial charge in [-0.2, -0.15) is 0 Å². The zero-order chi connectivity index (χ0) is 18.5. The second-order valence-corrected chi connectivity index (χ2v) is 7.18. The molecule has 1 N–H and O–H groups in total. The molecule has 8 heteroatoms. The lowest BCUT2D eigenvalue weighted by Gasteiger charge is -2.16. The summed E-state index contributed by atoms with van der Waals surface area (Å²) in [5.41, 5.74) is 1.11. The molecule has 1 aromatic carbocycles. The highest BCUT2D eigenvalue weighted by molar-refractivity contribution is 8.81. The molecule has 1 aromatic rings. The molecule has 0 radical (unpaired) electrons. The Balaban J connectivity index is 2.44. The molecule has 6 nitrogen and oxygen atoms in total. The molecular weight excluding hydrogens is 362 g/mol. The molecule has 0 fully saturated rings. The Morgan fingerprint density at radius 1 is 1.08 bits per heavy atom. The van der Waals surface area contributed by atoms with Crippen LogP contribution in [0.2, 0.25) is 0 Å². The lowest BCUT2D eigenvalue weighted by atomic mass is 10.1. The molecule has 1 rings (SSSR count). The van der Waals surface area contributed by atoms with Gasteiger partial charge in [-0.25, -0.2) is 4.79 Å². The summed E-state index contributed by atoms with van der Waals surface area (Å²) in [5, 5.41) is 2.26. The van der Waals surface area contributed by atoms with Gasteiger partial charge in [-0.15, -0.1) is 0 Å². The fourth-order valence-corrected chi connectivity index (χ4v) is 3.61. The summed E-state index contributed by atoms with van der Waals surface area (Å²) in [6.45, 7) is 3.89. The van der Waals surface area contributed by atoms with E-state index in [-0.39, 0.29) is 31.3 Å². The first-order valence-electron chi connectivity index (χ1n) is 8.03. The molecule has 1 atom stereocenters. The summed E-state index contributed by atoms with van der Waals surface area (Å²) < 4.78 is 9.79. The van der Waals surface area contributed by atoms with Crippen molar-refractivity contribution in [1.82, 2.24) is 5.32 Å². The van der Waals surface area contributed by atoms with Crippen molar-refractivity contribution in [1.29, 1.82) is 0 Å². The van der Waals surface area contributed by atoms with Crippen molar-refractivity contribution in [2.24, 2.45) is 0 Å². The van der Waals surface area contributed by atoms with Gasteiger partial charge in [0.05, 0.1) is 13.2 Å². The predicted molar refractivity (Wildman–Crippen MR) is 100 cm³/mol. The molecule has 0 aliphatic rings. The Kier molecular flexibility index (Phi) is 10.8. The van der Waals surface area contributed by atoms with Gasteiger partial charge >= 0.3 is 11.9 Å².